The molecule has 0 amide bonds. The van der Waals surface area contributed by atoms with Crippen molar-refractivity contribution in [3.63, 3.8) is 0 Å². The van der Waals surface area contributed by atoms with Gasteiger partial charge >= 0.3 is 0 Å². The summed E-state index contributed by atoms with van der Waals surface area (Å²) in [5.41, 5.74) is 0. The zero-order valence-electron chi connectivity index (χ0n) is 6.91. The van der Waals surface area contributed by atoms with Crippen molar-refractivity contribution in [3.8, 4) is 12.3 Å². The summed E-state index contributed by atoms with van der Waals surface area (Å²) in [7, 11) is -2.45. The van der Waals surface area contributed by atoms with Crippen molar-refractivity contribution in [3.05, 3.63) is 12.2 Å². The third-order valence-electron chi connectivity index (χ3n) is 1.09. The van der Waals surface area contributed by atoms with E-state index in [1.54, 1.807) is 6.66 Å². The fourth-order valence-electron chi connectivity index (χ4n) is 0.523. The standard InChI is InChI=1S/C8H13O2P/c1-4-6-8-11(3,9)10-7-5-2/h2,4,6H,7-8H2,1,3H3. The third-order valence-corrected chi connectivity index (χ3v) is 2.64. The Morgan fingerprint density at radius 3 is 2.82 bits per heavy atom. The van der Waals surface area contributed by atoms with E-state index in [4.69, 9.17) is 10.9 Å². The molecular weight excluding hydrogens is 159 g/mol. The van der Waals surface area contributed by atoms with E-state index in [-0.39, 0.29) is 6.61 Å². The van der Waals surface area contributed by atoms with Crippen molar-refractivity contribution >= 4 is 7.37 Å². The van der Waals surface area contributed by atoms with Crippen LogP contribution in [0.3, 0.4) is 0 Å². The van der Waals surface area contributed by atoms with Gasteiger partial charge in [0, 0.05) is 12.8 Å². The molecule has 0 aliphatic rings. The van der Waals surface area contributed by atoms with Crippen molar-refractivity contribution in [2.45, 2.75) is 6.92 Å². The van der Waals surface area contributed by atoms with E-state index in [1.807, 2.05) is 19.1 Å². The van der Waals surface area contributed by atoms with Crippen LogP contribution in [0.4, 0.5) is 0 Å². The van der Waals surface area contributed by atoms with Crippen LogP contribution in [-0.2, 0) is 9.09 Å². The maximum Gasteiger partial charge on any atom is 0.204 e. The second kappa shape index (κ2) is 5.18. The van der Waals surface area contributed by atoms with E-state index in [2.05, 4.69) is 5.92 Å². The lowest BCUT2D eigenvalue weighted by Crippen LogP contribution is -1.91. The van der Waals surface area contributed by atoms with E-state index in [9.17, 15) is 4.57 Å². The topological polar surface area (TPSA) is 26.3 Å². The Hall–Kier alpha value is -0.510. The van der Waals surface area contributed by atoms with Crippen LogP contribution in [-0.4, -0.2) is 19.4 Å². The van der Waals surface area contributed by atoms with Crippen molar-refractivity contribution in [1.82, 2.24) is 0 Å². The van der Waals surface area contributed by atoms with Crippen molar-refractivity contribution in [2.24, 2.45) is 0 Å². The minimum absolute atomic E-state index is 0.130. The lowest BCUT2D eigenvalue weighted by molar-refractivity contribution is 0.365. The first kappa shape index (κ1) is 10.5. The average Bonchev–Trinajstić information content (AvgIpc) is 1.97. The predicted molar refractivity (Wildman–Crippen MR) is 48.0 cm³/mol. The molecular formula is C8H13O2P. The van der Waals surface area contributed by atoms with Gasteiger partial charge < -0.3 is 4.52 Å². The molecule has 0 N–H and O–H groups in total. The van der Waals surface area contributed by atoms with Crippen LogP contribution in [0.1, 0.15) is 6.92 Å². The Labute approximate surface area is 68.1 Å². The molecule has 0 aromatic heterocycles. The molecule has 2 nitrogen and oxygen atoms in total. The maximum atomic E-state index is 11.4. The molecule has 0 aliphatic carbocycles. The summed E-state index contributed by atoms with van der Waals surface area (Å²) >= 11 is 0. The maximum absolute atomic E-state index is 11.4. The Balaban J connectivity index is 3.82. The molecule has 0 fully saturated rings. The van der Waals surface area contributed by atoms with Crippen molar-refractivity contribution in [2.75, 3.05) is 19.4 Å². The molecule has 1 unspecified atom stereocenters. The highest BCUT2D eigenvalue weighted by molar-refractivity contribution is 7.58. The van der Waals surface area contributed by atoms with Crippen molar-refractivity contribution < 1.29 is 9.09 Å². The van der Waals surface area contributed by atoms with Crippen LogP contribution < -0.4 is 0 Å². The summed E-state index contributed by atoms with van der Waals surface area (Å²) in [6.07, 6.45) is 9.07. The number of hydrogen-bond donors (Lipinski definition) is 0. The normalized spacial score (nSPS) is 16.1. The average molecular weight is 172 g/mol. The number of rotatable bonds is 4. The van der Waals surface area contributed by atoms with Gasteiger partial charge in [0.15, 0.2) is 0 Å². The van der Waals surface area contributed by atoms with Gasteiger partial charge in [-0.2, -0.15) is 0 Å². The fourth-order valence-corrected chi connectivity index (χ4v) is 1.57. The first-order valence-electron chi connectivity index (χ1n) is 3.38. The van der Waals surface area contributed by atoms with Crippen LogP contribution in [0, 0.1) is 12.3 Å². The molecule has 0 aliphatic heterocycles. The summed E-state index contributed by atoms with van der Waals surface area (Å²) in [6, 6.07) is 0. The second-order valence-electron chi connectivity index (χ2n) is 2.24. The van der Waals surface area contributed by atoms with Crippen LogP contribution in [0.25, 0.3) is 0 Å². The number of hydrogen-bond acceptors (Lipinski definition) is 2. The SMILES string of the molecule is C#CCOP(C)(=O)CC=CC. The minimum atomic E-state index is -2.45. The van der Waals surface area contributed by atoms with E-state index >= 15 is 0 Å². The first-order chi connectivity index (χ1) is 5.12. The lowest BCUT2D eigenvalue weighted by atomic mass is 10.6. The van der Waals surface area contributed by atoms with Gasteiger partial charge in [-0.1, -0.05) is 18.1 Å². The smallest absolute Gasteiger partial charge is 0.204 e. The summed E-state index contributed by atoms with van der Waals surface area (Å²) in [4.78, 5) is 0. The molecule has 11 heavy (non-hydrogen) atoms. The number of terminal acetylenes is 1. The zero-order valence-corrected chi connectivity index (χ0v) is 7.80. The van der Waals surface area contributed by atoms with Gasteiger partial charge in [-0.25, -0.2) is 0 Å². The van der Waals surface area contributed by atoms with Gasteiger partial charge in [-0.05, 0) is 6.92 Å². The van der Waals surface area contributed by atoms with E-state index in [0.717, 1.165) is 0 Å². The first-order valence-corrected chi connectivity index (χ1v) is 5.64. The summed E-state index contributed by atoms with van der Waals surface area (Å²) in [5.74, 6) is 2.28. The predicted octanol–water partition coefficient (Wildman–Crippen LogP) is 2.12. The number of allylic oxidation sites excluding steroid dienone is 2. The van der Waals surface area contributed by atoms with Crippen molar-refractivity contribution in [1.29, 1.82) is 0 Å². The molecule has 0 rings (SSSR count). The molecule has 62 valence electrons. The van der Waals surface area contributed by atoms with E-state index < -0.39 is 7.37 Å². The highest BCUT2D eigenvalue weighted by Crippen LogP contribution is 2.41. The zero-order chi connectivity index (χ0) is 8.74. The lowest BCUT2D eigenvalue weighted by Gasteiger charge is -2.08. The van der Waals surface area contributed by atoms with Gasteiger partial charge in [0.1, 0.15) is 6.61 Å². The molecule has 3 heteroatoms. The molecule has 0 radical (unpaired) electrons. The summed E-state index contributed by atoms with van der Waals surface area (Å²) in [6.45, 7) is 3.59. The van der Waals surface area contributed by atoms with Gasteiger partial charge in [0.2, 0.25) is 7.37 Å². The molecule has 0 bridgehead atoms. The quantitative estimate of drug-likeness (QED) is 0.369. The summed E-state index contributed by atoms with van der Waals surface area (Å²) in [5, 5.41) is 0. The van der Waals surface area contributed by atoms with E-state index in [0.29, 0.717) is 6.16 Å². The largest absolute Gasteiger partial charge is 0.315 e. The molecule has 1 atom stereocenters. The second-order valence-corrected chi connectivity index (χ2v) is 4.89. The van der Waals surface area contributed by atoms with Crippen LogP contribution in [0.15, 0.2) is 12.2 Å². The van der Waals surface area contributed by atoms with Gasteiger partial charge in [0.25, 0.3) is 0 Å². The molecule has 0 saturated carbocycles. The molecule has 0 aromatic rings. The Morgan fingerprint density at radius 1 is 1.73 bits per heavy atom. The van der Waals surface area contributed by atoms with Crippen LogP contribution in [0.5, 0.6) is 0 Å². The van der Waals surface area contributed by atoms with Crippen LogP contribution >= 0.6 is 7.37 Å². The molecule has 0 saturated heterocycles. The summed E-state index contributed by atoms with van der Waals surface area (Å²) < 4.78 is 16.3. The van der Waals surface area contributed by atoms with Crippen LogP contribution in [0.2, 0.25) is 0 Å². The molecule has 0 spiro atoms. The highest BCUT2D eigenvalue weighted by atomic mass is 31.2. The fraction of sp³-hybridized carbons (Fsp3) is 0.500. The highest BCUT2D eigenvalue weighted by Gasteiger charge is 2.11. The Kier molecular flexibility index (Phi) is 4.94. The Bertz CT molecular complexity index is 213. The molecule has 0 aromatic carbocycles. The van der Waals surface area contributed by atoms with Gasteiger partial charge in [0.05, 0.1) is 0 Å². The third kappa shape index (κ3) is 5.91. The van der Waals surface area contributed by atoms with Gasteiger partial charge in [-0.3, -0.25) is 4.57 Å². The molecule has 0 heterocycles. The minimum Gasteiger partial charge on any atom is -0.315 e. The Morgan fingerprint density at radius 2 is 2.36 bits per heavy atom. The monoisotopic (exact) mass is 172 g/mol. The van der Waals surface area contributed by atoms with E-state index in [1.165, 1.54) is 0 Å². The van der Waals surface area contributed by atoms with Gasteiger partial charge in [-0.15, -0.1) is 6.42 Å².